The Kier molecular flexibility index (Phi) is 5.24. The molecule has 2 aliphatic heterocycles. The van der Waals surface area contributed by atoms with Crippen LogP contribution < -0.4 is 10.9 Å². The molecule has 142 valence electrons. The molecule has 4 rings (SSSR count). The van der Waals surface area contributed by atoms with Crippen LogP contribution in [-0.2, 0) is 4.79 Å². The molecule has 0 aromatic carbocycles. The smallest absolute Gasteiger partial charge is 0.289 e. The van der Waals surface area contributed by atoms with Crippen LogP contribution in [0, 0.1) is 0 Å². The molecule has 2 N–H and O–H groups in total. The van der Waals surface area contributed by atoms with Gasteiger partial charge in [-0.25, -0.2) is 10.9 Å². The molecule has 2 atom stereocenters. The topological polar surface area (TPSA) is 90.7 Å². The molecule has 0 radical (unpaired) electrons. The van der Waals surface area contributed by atoms with E-state index in [1.165, 1.54) is 0 Å². The number of hydrazine groups is 1. The van der Waals surface area contributed by atoms with Crippen molar-refractivity contribution in [2.75, 3.05) is 26.2 Å². The van der Waals surface area contributed by atoms with E-state index in [0.29, 0.717) is 43.0 Å². The van der Waals surface area contributed by atoms with Gasteiger partial charge in [0.25, 0.3) is 5.91 Å². The minimum atomic E-state index is -0.272. The predicted octanol–water partition coefficient (Wildman–Crippen LogP) is 1.33. The van der Waals surface area contributed by atoms with E-state index in [1.54, 1.807) is 29.4 Å². The van der Waals surface area contributed by atoms with Crippen molar-refractivity contribution in [3.8, 4) is 0 Å². The molecular weight excluding hydrogens is 414 g/mol. The molecule has 0 bridgehead atoms. The van der Waals surface area contributed by atoms with Crippen molar-refractivity contribution >= 4 is 27.7 Å². The fourth-order valence-corrected chi connectivity index (χ4v) is 3.77. The average Bonchev–Trinajstić information content (AvgIpc) is 3.37. The van der Waals surface area contributed by atoms with Crippen LogP contribution in [0.1, 0.15) is 28.6 Å². The summed E-state index contributed by atoms with van der Waals surface area (Å²) in [6.07, 6.45) is 4.18. The van der Waals surface area contributed by atoms with Gasteiger partial charge in [-0.2, -0.15) is 0 Å². The first-order valence-corrected chi connectivity index (χ1v) is 9.65. The first-order valence-electron chi connectivity index (χ1n) is 8.86. The van der Waals surface area contributed by atoms with E-state index in [0.717, 1.165) is 5.56 Å². The number of piperazine rings is 1. The van der Waals surface area contributed by atoms with E-state index in [1.807, 2.05) is 17.0 Å². The summed E-state index contributed by atoms with van der Waals surface area (Å²) in [6.45, 7) is 2.03. The number of furan rings is 1. The van der Waals surface area contributed by atoms with Gasteiger partial charge >= 0.3 is 0 Å². The van der Waals surface area contributed by atoms with Gasteiger partial charge in [0.1, 0.15) is 6.04 Å². The zero-order valence-electron chi connectivity index (χ0n) is 14.6. The van der Waals surface area contributed by atoms with Gasteiger partial charge in [-0.1, -0.05) is 0 Å². The lowest BCUT2D eigenvalue weighted by Crippen LogP contribution is -2.54. The van der Waals surface area contributed by atoms with Crippen molar-refractivity contribution in [2.45, 2.75) is 18.5 Å². The monoisotopic (exact) mass is 433 g/mol. The van der Waals surface area contributed by atoms with Crippen LogP contribution in [0.4, 0.5) is 0 Å². The van der Waals surface area contributed by atoms with Gasteiger partial charge in [-0.3, -0.25) is 14.6 Å². The maximum Gasteiger partial charge on any atom is 0.289 e. The number of rotatable bonds is 3. The molecule has 2 aromatic heterocycles. The lowest BCUT2D eigenvalue weighted by atomic mass is 10.0. The Bertz CT molecular complexity index is 819. The molecule has 9 heteroatoms. The van der Waals surface area contributed by atoms with Gasteiger partial charge in [-0.15, -0.1) is 0 Å². The molecule has 0 saturated carbocycles. The van der Waals surface area contributed by atoms with Crippen molar-refractivity contribution in [2.24, 2.45) is 0 Å². The number of nitrogens with zero attached hydrogens (tertiary/aromatic N) is 3. The molecule has 2 unspecified atom stereocenters. The lowest BCUT2D eigenvalue weighted by molar-refractivity contribution is -0.134. The summed E-state index contributed by atoms with van der Waals surface area (Å²) in [5, 5.41) is 0. The maximum atomic E-state index is 12.8. The molecule has 2 aliphatic rings. The summed E-state index contributed by atoms with van der Waals surface area (Å²) >= 11 is 3.21. The largest absolute Gasteiger partial charge is 0.444 e. The highest BCUT2D eigenvalue weighted by Gasteiger charge is 2.35. The Balaban J connectivity index is 1.31. The van der Waals surface area contributed by atoms with Crippen molar-refractivity contribution in [1.29, 1.82) is 0 Å². The minimum absolute atomic E-state index is 0.0619. The number of amides is 2. The standard InChI is InChI=1S/C18H20BrN5O3/c19-16-2-1-15(27-16)18(26)24-9-7-23(8-10-24)17(25)14-11-13(21-22-14)12-3-5-20-6-4-12/h1-6,13-14,21-22H,7-11H2. The van der Waals surface area contributed by atoms with Gasteiger partial charge in [-0.05, 0) is 52.2 Å². The van der Waals surface area contributed by atoms with Crippen LogP contribution in [0.2, 0.25) is 0 Å². The summed E-state index contributed by atoms with van der Waals surface area (Å²) in [7, 11) is 0. The molecule has 0 spiro atoms. The molecule has 0 aliphatic carbocycles. The second kappa shape index (κ2) is 7.79. The van der Waals surface area contributed by atoms with Gasteiger partial charge < -0.3 is 14.2 Å². The average molecular weight is 434 g/mol. The van der Waals surface area contributed by atoms with E-state index in [9.17, 15) is 9.59 Å². The van der Waals surface area contributed by atoms with Crippen molar-refractivity contribution in [1.82, 2.24) is 25.6 Å². The second-order valence-electron chi connectivity index (χ2n) is 6.63. The summed E-state index contributed by atoms with van der Waals surface area (Å²) < 4.78 is 5.86. The SMILES string of the molecule is O=C(c1ccc(Br)o1)N1CCN(C(=O)C2CC(c3ccncc3)NN2)CC1. The van der Waals surface area contributed by atoms with E-state index in [-0.39, 0.29) is 23.9 Å². The van der Waals surface area contributed by atoms with Crippen LogP contribution in [-0.4, -0.2) is 58.8 Å². The zero-order valence-corrected chi connectivity index (χ0v) is 16.2. The first kappa shape index (κ1) is 18.1. The number of hydrogen-bond donors (Lipinski definition) is 2. The van der Waals surface area contributed by atoms with Crippen LogP contribution in [0.25, 0.3) is 0 Å². The second-order valence-corrected chi connectivity index (χ2v) is 7.41. The number of pyridine rings is 1. The molecule has 4 heterocycles. The van der Waals surface area contributed by atoms with Crippen LogP contribution in [0.3, 0.4) is 0 Å². The van der Waals surface area contributed by atoms with Crippen LogP contribution in [0.15, 0.2) is 45.7 Å². The van der Waals surface area contributed by atoms with Crippen molar-refractivity contribution < 1.29 is 14.0 Å². The molecule has 2 fully saturated rings. The lowest BCUT2D eigenvalue weighted by Gasteiger charge is -2.35. The molecule has 2 saturated heterocycles. The van der Waals surface area contributed by atoms with Crippen LogP contribution in [0.5, 0.6) is 0 Å². The molecule has 2 amide bonds. The summed E-state index contributed by atoms with van der Waals surface area (Å²) in [4.78, 5) is 32.8. The van der Waals surface area contributed by atoms with Gasteiger partial charge in [0.05, 0.1) is 0 Å². The maximum absolute atomic E-state index is 12.8. The van der Waals surface area contributed by atoms with Gasteiger partial charge in [0.2, 0.25) is 5.91 Å². The third-order valence-electron chi connectivity index (χ3n) is 4.97. The van der Waals surface area contributed by atoms with E-state index >= 15 is 0 Å². The number of nitrogens with one attached hydrogen (secondary N) is 2. The summed E-state index contributed by atoms with van der Waals surface area (Å²) in [5.41, 5.74) is 7.39. The van der Waals surface area contributed by atoms with Gasteiger partial charge in [0.15, 0.2) is 10.4 Å². The highest BCUT2D eigenvalue weighted by atomic mass is 79.9. The Morgan fingerprint density at radius 2 is 1.74 bits per heavy atom. The molecular formula is C18H20BrN5O3. The Labute approximate surface area is 165 Å². The minimum Gasteiger partial charge on any atom is -0.444 e. The number of halogens is 1. The fraction of sp³-hybridized carbons (Fsp3) is 0.389. The molecule has 8 nitrogen and oxygen atoms in total. The van der Waals surface area contributed by atoms with Gasteiger partial charge in [0, 0.05) is 44.6 Å². The summed E-state index contributed by atoms with van der Waals surface area (Å²) in [5.74, 6) is 0.224. The third kappa shape index (κ3) is 3.90. The molecule has 27 heavy (non-hydrogen) atoms. The Morgan fingerprint density at radius 1 is 1.04 bits per heavy atom. The predicted molar refractivity (Wildman–Crippen MR) is 101 cm³/mol. The number of aromatic nitrogens is 1. The molecule has 2 aromatic rings. The van der Waals surface area contributed by atoms with Crippen molar-refractivity contribution in [3.63, 3.8) is 0 Å². The third-order valence-corrected chi connectivity index (χ3v) is 5.40. The fourth-order valence-electron chi connectivity index (χ4n) is 3.47. The highest BCUT2D eigenvalue weighted by molar-refractivity contribution is 9.10. The quantitative estimate of drug-likeness (QED) is 0.758. The number of carbonyl (C=O) groups excluding carboxylic acids is 2. The van der Waals surface area contributed by atoms with Crippen LogP contribution >= 0.6 is 15.9 Å². The normalized spacial score (nSPS) is 22.9. The van der Waals surface area contributed by atoms with E-state index in [4.69, 9.17) is 4.42 Å². The van der Waals surface area contributed by atoms with Crippen molar-refractivity contribution in [3.05, 3.63) is 52.7 Å². The summed E-state index contributed by atoms with van der Waals surface area (Å²) in [6, 6.07) is 7.06. The number of carbonyl (C=O) groups is 2. The van der Waals surface area contributed by atoms with E-state index < -0.39 is 0 Å². The van der Waals surface area contributed by atoms with E-state index in [2.05, 4.69) is 31.8 Å². The number of hydrogen-bond acceptors (Lipinski definition) is 6. The zero-order chi connectivity index (χ0) is 18.8. The first-order chi connectivity index (χ1) is 13.1. The Morgan fingerprint density at radius 3 is 2.41 bits per heavy atom. The Hall–Kier alpha value is -2.23. The highest BCUT2D eigenvalue weighted by Crippen LogP contribution is 2.23.